The molecule has 2 aliphatic rings. The Labute approximate surface area is 879 Å². The van der Waals surface area contributed by atoms with Crippen molar-refractivity contribution in [3.05, 3.63) is 294 Å². The average molecular weight is 2130 g/mol. The molecule has 0 radical (unpaired) electrons. The second-order valence-electron chi connectivity index (χ2n) is 23.0. The number of aromatic hydroxyl groups is 1. The van der Waals surface area contributed by atoms with Gasteiger partial charge in [0.15, 0.2) is 23.1 Å². The summed E-state index contributed by atoms with van der Waals surface area (Å²) in [6.07, 6.45) is 2.56. The molecule has 1 saturated heterocycles. The van der Waals surface area contributed by atoms with Crippen LogP contribution >= 0.6 is 22.6 Å². The van der Waals surface area contributed by atoms with Crippen LogP contribution in [-0.2, 0) is 28.6 Å². The Balaban J connectivity index is -0.000000345. The van der Waals surface area contributed by atoms with E-state index in [4.69, 9.17) is 78.2 Å². The number of aliphatic hydroxyl groups excluding tert-OH is 1. The zero-order chi connectivity index (χ0) is 93.1. The number of amides is 1. The Bertz CT molecular complexity index is 5360. The SMILES string of the molecule is C.C1CCOC1.CC(=O)c1ccc(F)c([N+](=O)[O-])c1.CO.COC(=O)c1ccccc1O.COC(=O)c1ccccc1Oc1ccc(C(C)=O)cc1N.COC(=O)c1ccccc1Oc1ccc(C(C)=O)cc1[N+](=O)[O-].Nc1cc(C(=O)O)ccc1Oc1ccccc1C(=O)O.O.O=C(O)c1ccc2c(c1)NC(=O)c1ccccc1O2.O=CO[O-].[2H]CF.[2H]CI.[Cs+].[Cs+].[H-].[Li+].[OH-]. The van der Waals surface area contributed by atoms with Crippen LogP contribution in [0.25, 0.3) is 0 Å². The Morgan fingerprint density at radius 3 is 1.27 bits per heavy atom. The number of halogens is 3. The predicted molar refractivity (Wildman–Crippen MR) is 457 cm³/mol. The molecule has 0 atom stereocenters. The van der Waals surface area contributed by atoms with Crippen molar-refractivity contribution in [3.8, 4) is 51.7 Å². The number of nitrogens with two attached hydrogens (primary N) is 2. The number of carboxylic acid groups (broad SMARTS) is 3. The van der Waals surface area contributed by atoms with Crippen LogP contribution in [0.3, 0.4) is 0 Å². The number of phenols is 1. The molecule has 12 rings (SSSR count). The molecule has 10 aromatic carbocycles. The third kappa shape index (κ3) is 42.1. The van der Waals surface area contributed by atoms with Gasteiger partial charge in [0, 0.05) is 50.5 Å². The Morgan fingerprint density at radius 2 is 0.875 bits per heavy atom. The number of benzene rings is 10. The number of anilines is 3. The molecular formula is C85H89Cs2F2ILiN5O32. The first-order valence-electron chi connectivity index (χ1n) is 35.8. The van der Waals surface area contributed by atoms with Gasteiger partial charge in [-0.15, -0.1) is 0 Å². The molecule has 43 heteroatoms. The fourth-order valence-corrected chi connectivity index (χ4v) is 9.40. The molecule has 2 heterocycles. The van der Waals surface area contributed by atoms with Gasteiger partial charge in [-0.2, -0.15) is 4.39 Å². The molecule has 2 aliphatic heterocycles. The number of aliphatic hydroxyl groups is 1. The van der Waals surface area contributed by atoms with Gasteiger partial charge in [0.25, 0.3) is 12.4 Å². The Hall–Kier alpha value is -10.5. The van der Waals surface area contributed by atoms with Gasteiger partial charge >= 0.3 is 204 Å². The Morgan fingerprint density at radius 1 is 0.531 bits per heavy atom. The number of rotatable bonds is 18. The first-order chi connectivity index (χ1) is 59.1. The molecule has 0 saturated carbocycles. The molecule has 0 bridgehead atoms. The van der Waals surface area contributed by atoms with E-state index >= 15 is 0 Å². The fourth-order valence-electron chi connectivity index (χ4n) is 9.40. The van der Waals surface area contributed by atoms with Crippen molar-refractivity contribution in [3.63, 3.8) is 0 Å². The summed E-state index contributed by atoms with van der Waals surface area (Å²) < 4.78 is 75.4. The average Bonchev–Trinajstić information content (AvgIpc) is 1.72. The largest absolute Gasteiger partial charge is 1.00 e. The minimum Gasteiger partial charge on any atom is -1.00 e. The molecule has 670 valence electrons. The van der Waals surface area contributed by atoms with E-state index in [2.05, 4.69) is 19.7 Å². The first kappa shape index (κ1) is 122. The molecule has 0 aliphatic carbocycles. The maximum absolute atomic E-state index is 12.7. The van der Waals surface area contributed by atoms with E-state index in [1.807, 2.05) is 22.6 Å². The van der Waals surface area contributed by atoms with Crippen LogP contribution in [0, 0.1) is 26.0 Å². The van der Waals surface area contributed by atoms with Gasteiger partial charge in [-0.25, -0.2) is 28.8 Å². The topological polar surface area (TPSA) is 607 Å². The molecule has 0 unspecified atom stereocenters. The van der Waals surface area contributed by atoms with Gasteiger partial charge in [-0.1, -0.05) is 90.7 Å². The standard InChI is InChI=1S/C16H13NO6.C16H15NO4.C14H11NO5.C14H9NO4.C8H6FNO3.C8H8O3.C4H8O.CH3F.CH3I.CH2O3.CH4O.CH4.2Cs.Li.2H2O.H/c1-10(18)11-7-8-15(13(9-11)17(20)21)23-14-6-4-3-5-12(14)16(19)22-2;1-10(18)11-7-8-15(13(17)9-11)21-14-6-4-3-5-12(14)16(19)20-2;15-10-7-8(13(16)17)5-6-12(10)20-11-4-2-1-3-9(11)14(18)19;16-13-9-3-1-2-4-11(9)19-12-6-5-8(14(17)18)7-10(12)15-13;1-5(11)6-2-3-7(9)8(4-6)10(12)13;1-11-8(10)6-4-2-3-5-7(6)9;1-2-4-5-3-1;2*1-2;2-1-4-3;1-2;;;;;;;/h3-9H,1-2H3;3-9H,17H2,1-2H3;1-7H,15H2,(H,16,17)(H,18,19);1-7H,(H,15,16)(H,17,18);2-4H,1H3;2-5,9H,1H3;1-4H2;2*1H3;1,3H;2H,1H3;1H4;;;;2*1H2;/q;;;;;;;;;;;;3*+1;;;-1/p-2/i;;;;;;;2*1D;;;;;;;;;. The van der Waals surface area contributed by atoms with Crippen LogP contribution in [0.1, 0.15) is 149 Å². The van der Waals surface area contributed by atoms with Gasteiger partial charge in [0.05, 0.1) is 73.5 Å². The monoisotopic (exact) mass is 2130 g/mol. The number of methoxy groups -OCH3 is 3. The normalized spacial score (nSPS) is 10.1. The number of nitrogens with one attached hydrogen (secondary N) is 1. The number of fused-ring (bicyclic) bond motifs is 2. The van der Waals surface area contributed by atoms with E-state index in [-0.39, 0.29) is 285 Å². The van der Waals surface area contributed by atoms with Crippen molar-refractivity contribution in [1.29, 1.82) is 0 Å². The number of carbonyl (C=O) groups excluding carboxylic acids is 8. The molecule has 1 fully saturated rings. The number of alkyl halides is 2. The number of ketones is 3. The molecular weight excluding hydrogens is 2040 g/mol. The van der Waals surface area contributed by atoms with Gasteiger partial charge < -0.3 is 103 Å². The minimum atomic E-state index is -1.12. The number of Topliss-reactive ketones (excluding diaryl/α,β-unsaturated/α-hetero) is 3. The number of carbonyl (C=O) groups is 11. The van der Waals surface area contributed by atoms with Crippen molar-refractivity contribution in [1.82, 2.24) is 0 Å². The first-order valence-corrected chi connectivity index (χ1v) is 35.9. The van der Waals surface area contributed by atoms with Crippen LogP contribution < -0.4 is 198 Å². The summed E-state index contributed by atoms with van der Waals surface area (Å²) in [5, 5.41) is 75.4. The van der Waals surface area contributed by atoms with Gasteiger partial charge in [-0.3, -0.25) is 48.6 Å². The molecule has 1 amide bonds. The third-order valence-electron chi connectivity index (χ3n) is 15.1. The van der Waals surface area contributed by atoms with E-state index < -0.39 is 64.3 Å². The van der Waals surface area contributed by atoms with Crippen LogP contribution in [0.2, 0.25) is 0 Å². The number of nitro benzene ring substituents is 2. The number of phenolic OH excluding ortho intramolecular Hbond substituents is 1. The van der Waals surface area contributed by atoms with Gasteiger partial charge in [-0.05, 0) is 178 Å². The number of hydrogen-bond acceptors (Lipinski definition) is 30. The summed E-state index contributed by atoms with van der Waals surface area (Å²) in [6.45, 7) is 5.85. The summed E-state index contributed by atoms with van der Waals surface area (Å²) in [4.78, 5) is 144. The van der Waals surface area contributed by atoms with E-state index in [0.29, 0.717) is 56.0 Å². The number of nitro groups is 2. The zero-order valence-electron chi connectivity index (χ0n) is 72.6. The van der Waals surface area contributed by atoms with Crippen LogP contribution in [0.4, 0.5) is 37.2 Å². The van der Waals surface area contributed by atoms with Crippen LogP contribution in [-0.4, -0.2) is 166 Å². The van der Waals surface area contributed by atoms with E-state index in [0.717, 1.165) is 38.5 Å². The number of nitrogen functional groups attached to an aromatic ring is 2. The van der Waals surface area contributed by atoms with Crippen LogP contribution in [0.15, 0.2) is 212 Å². The number of nitrogens with zero attached hydrogens (tertiary/aromatic N) is 2. The number of ether oxygens (including phenoxy) is 8. The maximum Gasteiger partial charge on any atom is 1.00 e. The van der Waals surface area contributed by atoms with Crippen molar-refractivity contribution >= 4 is 117 Å². The second kappa shape index (κ2) is 68.6. The summed E-state index contributed by atoms with van der Waals surface area (Å²) in [7, 11) is 3.80. The zero-order valence-corrected chi connectivity index (χ0v) is 84.3. The molecule has 0 aromatic heterocycles. The number of esters is 3. The minimum absolute atomic E-state index is 0. The predicted octanol–water partition coefficient (Wildman–Crippen LogP) is 5.98. The third-order valence-corrected chi connectivity index (χ3v) is 15.1. The van der Waals surface area contributed by atoms with E-state index in [1.54, 1.807) is 103 Å². The van der Waals surface area contributed by atoms with Crippen molar-refractivity contribution in [2.45, 2.75) is 41.0 Å². The van der Waals surface area contributed by atoms with Gasteiger partial charge in [0.1, 0.15) is 62.5 Å². The molecule has 128 heavy (non-hydrogen) atoms. The van der Waals surface area contributed by atoms with Crippen molar-refractivity contribution in [2.24, 2.45) is 0 Å². The summed E-state index contributed by atoms with van der Waals surface area (Å²) in [6, 6.07) is 52.1. The quantitative estimate of drug-likeness (QED) is 0.00418. The fraction of sp³-hybridized carbons (Fsp3) is 0.165. The molecule has 37 nitrogen and oxygen atoms in total. The van der Waals surface area contributed by atoms with E-state index in [1.165, 1.54) is 146 Å². The van der Waals surface area contributed by atoms with Crippen LogP contribution in [0.5, 0.6) is 51.7 Å². The molecule has 10 aromatic rings. The van der Waals surface area contributed by atoms with Crippen molar-refractivity contribution < 1.29 is 317 Å². The van der Waals surface area contributed by atoms with Gasteiger partial charge in [0.2, 0.25) is 11.6 Å². The summed E-state index contributed by atoms with van der Waals surface area (Å²) in [5.74, 6) is -4.99. The Kier molecular flexibility index (Phi) is 65.2. The number of para-hydroxylation sites is 5. The summed E-state index contributed by atoms with van der Waals surface area (Å²) >= 11 is 1.96. The molecule has 13 N–H and O–H groups in total. The van der Waals surface area contributed by atoms with E-state index in [9.17, 15) is 77.0 Å². The molecule has 0 spiro atoms. The maximum atomic E-state index is 12.7. The summed E-state index contributed by atoms with van der Waals surface area (Å²) in [5.41, 5.74) is 13.3. The number of carboxylic acids is 3. The number of hydrogen-bond donors (Lipinski definition) is 8. The number of aromatic carboxylic acids is 3. The van der Waals surface area contributed by atoms with Crippen molar-refractivity contribution in [2.75, 3.05) is 70.5 Å². The second-order valence-corrected chi connectivity index (χ2v) is 23.0. The smallest absolute Gasteiger partial charge is 1.00 e.